The van der Waals surface area contributed by atoms with Gasteiger partial charge in [-0.1, -0.05) is 0 Å². The van der Waals surface area contributed by atoms with E-state index in [9.17, 15) is 9.18 Å². The van der Waals surface area contributed by atoms with E-state index in [0.717, 1.165) is 6.07 Å². The van der Waals surface area contributed by atoms with Gasteiger partial charge in [0.25, 0.3) is 5.91 Å². The maximum atomic E-state index is 12.9. The average molecular weight is 240 g/mol. The minimum atomic E-state index is -0.545. The van der Waals surface area contributed by atoms with Crippen molar-refractivity contribution in [3.8, 4) is 0 Å². The summed E-state index contributed by atoms with van der Waals surface area (Å²) in [4.78, 5) is 11.8. The molecular weight excluding hydrogens is 223 g/mol. The maximum absolute atomic E-state index is 12.9. The molecule has 1 aromatic carbocycles. The van der Waals surface area contributed by atoms with Gasteiger partial charge in [-0.2, -0.15) is 0 Å². The minimum absolute atomic E-state index is 0.0150. The molecule has 4 nitrogen and oxygen atoms in total. The third-order valence-corrected chi connectivity index (χ3v) is 2.45. The van der Waals surface area contributed by atoms with E-state index in [-0.39, 0.29) is 18.2 Å². The second-order valence-electron chi connectivity index (χ2n) is 4.55. The lowest BCUT2D eigenvalue weighted by Crippen LogP contribution is -2.44. The first kappa shape index (κ1) is 13.4. The molecule has 94 valence electrons. The molecule has 0 aromatic heterocycles. The van der Waals surface area contributed by atoms with Gasteiger partial charge in [0.1, 0.15) is 5.82 Å². The van der Waals surface area contributed by atoms with Crippen LogP contribution in [0.3, 0.4) is 0 Å². The van der Waals surface area contributed by atoms with Crippen molar-refractivity contribution in [3.63, 3.8) is 0 Å². The van der Waals surface area contributed by atoms with Gasteiger partial charge in [-0.25, -0.2) is 4.39 Å². The molecule has 1 amide bonds. The molecule has 0 radical (unpaired) electrons. The summed E-state index contributed by atoms with van der Waals surface area (Å²) in [5, 5.41) is 11.6. The van der Waals surface area contributed by atoms with Crippen LogP contribution in [0.5, 0.6) is 0 Å². The van der Waals surface area contributed by atoms with Gasteiger partial charge in [0.15, 0.2) is 0 Å². The van der Waals surface area contributed by atoms with Crippen molar-refractivity contribution in [2.75, 3.05) is 12.3 Å². The molecule has 0 aliphatic heterocycles. The first-order valence-corrected chi connectivity index (χ1v) is 5.34. The zero-order valence-electron chi connectivity index (χ0n) is 9.96. The molecule has 0 bridgehead atoms. The lowest BCUT2D eigenvalue weighted by Gasteiger charge is -2.25. The first-order valence-electron chi connectivity index (χ1n) is 5.34. The van der Waals surface area contributed by atoms with Crippen LogP contribution in [0, 0.1) is 5.82 Å². The molecule has 1 rings (SSSR count). The standard InChI is InChI=1S/C12H17FN2O2/c1-12(2,5-6-16)15-11(17)8-3-4-9(13)10(14)7-8/h3-4,7,16H,5-6,14H2,1-2H3,(H,15,17). The van der Waals surface area contributed by atoms with Crippen LogP contribution in [-0.2, 0) is 0 Å². The van der Waals surface area contributed by atoms with Crippen molar-refractivity contribution >= 4 is 11.6 Å². The second-order valence-corrected chi connectivity index (χ2v) is 4.55. The molecule has 1 aromatic rings. The number of hydrogen-bond acceptors (Lipinski definition) is 3. The van der Waals surface area contributed by atoms with E-state index in [4.69, 9.17) is 10.8 Å². The van der Waals surface area contributed by atoms with Crippen LogP contribution in [0.15, 0.2) is 18.2 Å². The van der Waals surface area contributed by atoms with Crippen molar-refractivity contribution in [2.45, 2.75) is 25.8 Å². The maximum Gasteiger partial charge on any atom is 0.251 e. The number of amides is 1. The van der Waals surface area contributed by atoms with Crippen LogP contribution >= 0.6 is 0 Å². The van der Waals surface area contributed by atoms with Gasteiger partial charge < -0.3 is 16.2 Å². The number of carbonyl (C=O) groups excluding carboxylic acids is 1. The van der Waals surface area contributed by atoms with E-state index >= 15 is 0 Å². The predicted octanol–water partition coefficient (Wildman–Crippen LogP) is 1.30. The van der Waals surface area contributed by atoms with Crippen molar-refractivity contribution < 1.29 is 14.3 Å². The molecule has 0 unspecified atom stereocenters. The largest absolute Gasteiger partial charge is 0.396 e. The van der Waals surface area contributed by atoms with Gasteiger partial charge in [0, 0.05) is 17.7 Å². The van der Waals surface area contributed by atoms with Crippen LogP contribution < -0.4 is 11.1 Å². The van der Waals surface area contributed by atoms with Crippen molar-refractivity contribution in [3.05, 3.63) is 29.6 Å². The van der Waals surface area contributed by atoms with Crippen molar-refractivity contribution in [2.24, 2.45) is 0 Å². The molecule has 0 atom stereocenters. The average Bonchev–Trinajstić information content (AvgIpc) is 2.21. The highest BCUT2D eigenvalue weighted by atomic mass is 19.1. The predicted molar refractivity (Wildman–Crippen MR) is 64.1 cm³/mol. The summed E-state index contributed by atoms with van der Waals surface area (Å²) in [6.45, 7) is 3.58. The molecule has 4 N–H and O–H groups in total. The molecule has 0 aliphatic carbocycles. The molecule has 0 saturated heterocycles. The number of halogens is 1. The molecule has 0 aliphatic rings. The Morgan fingerprint density at radius 1 is 1.53 bits per heavy atom. The number of benzene rings is 1. The van der Waals surface area contributed by atoms with Gasteiger partial charge in [-0.3, -0.25) is 4.79 Å². The first-order chi connectivity index (χ1) is 7.85. The fourth-order valence-electron chi connectivity index (χ4n) is 1.41. The number of aliphatic hydroxyl groups is 1. The quantitative estimate of drug-likeness (QED) is 0.694. The topological polar surface area (TPSA) is 75.3 Å². The van der Waals surface area contributed by atoms with Gasteiger partial charge >= 0.3 is 0 Å². The van der Waals surface area contributed by atoms with E-state index in [2.05, 4.69) is 5.32 Å². The molecule has 0 saturated carbocycles. The Kier molecular flexibility index (Phi) is 4.07. The van der Waals surface area contributed by atoms with Crippen molar-refractivity contribution in [1.29, 1.82) is 0 Å². The van der Waals surface area contributed by atoms with E-state index in [1.807, 2.05) is 0 Å². The minimum Gasteiger partial charge on any atom is -0.396 e. The van der Waals surface area contributed by atoms with Crippen LogP contribution in [0.25, 0.3) is 0 Å². The third kappa shape index (κ3) is 3.71. The number of rotatable bonds is 4. The molecular formula is C12H17FN2O2. The number of carbonyl (C=O) groups is 1. The monoisotopic (exact) mass is 240 g/mol. The zero-order chi connectivity index (χ0) is 13.1. The Morgan fingerprint density at radius 2 is 2.18 bits per heavy atom. The molecule has 5 heteroatoms. The smallest absolute Gasteiger partial charge is 0.251 e. The summed E-state index contributed by atoms with van der Waals surface area (Å²) in [5.74, 6) is -0.883. The summed E-state index contributed by atoms with van der Waals surface area (Å²) in [6.07, 6.45) is 0.440. The molecule has 0 fully saturated rings. The lowest BCUT2D eigenvalue weighted by atomic mass is 10.0. The summed E-state index contributed by atoms with van der Waals surface area (Å²) in [5.41, 5.74) is 5.11. The summed E-state index contributed by atoms with van der Waals surface area (Å²) >= 11 is 0. The molecule has 17 heavy (non-hydrogen) atoms. The van der Waals surface area contributed by atoms with Crippen LogP contribution in [-0.4, -0.2) is 23.2 Å². The number of nitrogen functional groups attached to an aromatic ring is 1. The third-order valence-electron chi connectivity index (χ3n) is 2.45. The Labute approximate surface area is 99.6 Å². The Hall–Kier alpha value is -1.62. The zero-order valence-corrected chi connectivity index (χ0v) is 9.96. The highest BCUT2D eigenvalue weighted by Gasteiger charge is 2.20. The van der Waals surface area contributed by atoms with Gasteiger partial charge in [0.2, 0.25) is 0 Å². The van der Waals surface area contributed by atoms with E-state index in [0.29, 0.717) is 12.0 Å². The van der Waals surface area contributed by atoms with E-state index < -0.39 is 11.4 Å². The van der Waals surface area contributed by atoms with Gasteiger partial charge in [-0.05, 0) is 38.5 Å². The Morgan fingerprint density at radius 3 is 2.71 bits per heavy atom. The fourth-order valence-corrected chi connectivity index (χ4v) is 1.41. The summed E-state index contributed by atoms with van der Waals surface area (Å²) in [6, 6.07) is 3.82. The fraction of sp³-hybridized carbons (Fsp3) is 0.417. The number of nitrogens with one attached hydrogen (secondary N) is 1. The van der Waals surface area contributed by atoms with E-state index in [1.54, 1.807) is 13.8 Å². The van der Waals surface area contributed by atoms with Crippen LogP contribution in [0.2, 0.25) is 0 Å². The number of anilines is 1. The number of aliphatic hydroxyl groups excluding tert-OH is 1. The highest BCUT2D eigenvalue weighted by Crippen LogP contribution is 2.14. The molecule has 0 heterocycles. The second kappa shape index (κ2) is 5.14. The number of nitrogens with two attached hydrogens (primary N) is 1. The number of hydrogen-bond donors (Lipinski definition) is 3. The Balaban J connectivity index is 2.80. The molecule has 0 spiro atoms. The Bertz CT molecular complexity index is 419. The van der Waals surface area contributed by atoms with Crippen LogP contribution in [0.4, 0.5) is 10.1 Å². The van der Waals surface area contributed by atoms with Crippen molar-refractivity contribution in [1.82, 2.24) is 5.32 Å². The normalized spacial score (nSPS) is 11.3. The summed E-state index contributed by atoms with van der Waals surface area (Å²) in [7, 11) is 0. The van der Waals surface area contributed by atoms with Gasteiger partial charge in [-0.15, -0.1) is 0 Å². The van der Waals surface area contributed by atoms with E-state index in [1.165, 1.54) is 12.1 Å². The lowest BCUT2D eigenvalue weighted by molar-refractivity contribution is 0.0899. The summed E-state index contributed by atoms with van der Waals surface area (Å²) < 4.78 is 12.9. The SMILES string of the molecule is CC(C)(CCO)NC(=O)c1ccc(F)c(N)c1. The van der Waals surface area contributed by atoms with Gasteiger partial charge in [0.05, 0.1) is 5.69 Å². The highest BCUT2D eigenvalue weighted by molar-refractivity contribution is 5.95. The van der Waals surface area contributed by atoms with Crippen LogP contribution in [0.1, 0.15) is 30.6 Å².